The van der Waals surface area contributed by atoms with E-state index in [1.54, 1.807) is 0 Å². The molecule has 0 aliphatic heterocycles. The molecule has 0 fully saturated rings. The molecule has 4 aromatic rings. The molecule has 0 aliphatic rings. The first-order valence-corrected chi connectivity index (χ1v) is 8.23. The zero-order chi connectivity index (χ0) is 17.6. The maximum atomic E-state index is 9.57. The number of rotatable bonds is 2. The first-order chi connectivity index (χ1) is 12.1. The number of nitrogens with one attached hydrogen (secondary N) is 1. The van der Waals surface area contributed by atoms with E-state index in [-0.39, 0.29) is 0 Å². The van der Waals surface area contributed by atoms with E-state index in [4.69, 9.17) is 0 Å². The number of nitriles is 1. The van der Waals surface area contributed by atoms with E-state index in [2.05, 4.69) is 48.4 Å². The molecule has 2 aromatic carbocycles. The molecular weight excluding hydrogens is 308 g/mol. The average molecular weight is 326 g/mol. The number of aromatic nitrogens is 2. The Morgan fingerprint density at radius 3 is 2.44 bits per heavy atom. The third kappa shape index (κ3) is 2.50. The monoisotopic (exact) mass is 326 g/mol. The van der Waals surface area contributed by atoms with Crippen molar-refractivity contribution in [2.24, 2.45) is 0 Å². The number of pyridine rings is 1. The molecule has 0 bridgehead atoms. The van der Waals surface area contributed by atoms with Crippen LogP contribution in [0.1, 0.15) is 22.3 Å². The van der Waals surface area contributed by atoms with Gasteiger partial charge >= 0.3 is 0 Å². The number of nitrogens with zero attached hydrogens (tertiary/aromatic N) is 3. The maximum Gasteiger partial charge on any atom is 0.157 e. The van der Waals surface area contributed by atoms with Gasteiger partial charge in [0, 0.05) is 5.69 Å². The molecule has 4 rings (SSSR count). The fraction of sp³-hybridized carbons (Fsp3) is 0.143. The number of hydrogen-bond acceptors (Lipinski definition) is 3. The Kier molecular flexibility index (Phi) is 3.43. The summed E-state index contributed by atoms with van der Waals surface area (Å²) in [7, 11) is 0. The zero-order valence-electron chi connectivity index (χ0n) is 14.5. The number of para-hydroxylation sites is 2. The molecule has 122 valence electrons. The number of hydrogen-bond donors (Lipinski definition) is 1. The van der Waals surface area contributed by atoms with E-state index in [0.29, 0.717) is 11.2 Å². The minimum absolute atomic E-state index is 0.613. The molecule has 2 heterocycles. The van der Waals surface area contributed by atoms with Crippen molar-refractivity contribution in [1.82, 2.24) is 9.38 Å². The molecule has 0 saturated heterocycles. The first-order valence-electron chi connectivity index (χ1n) is 8.23. The van der Waals surface area contributed by atoms with Crippen LogP contribution in [0.5, 0.6) is 0 Å². The highest BCUT2D eigenvalue weighted by atomic mass is 15.1. The molecular formula is C21H18N4. The van der Waals surface area contributed by atoms with Gasteiger partial charge in [-0.3, -0.25) is 4.40 Å². The van der Waals surface area contributed by atoms with Crippen molar-refractivity contribution in [3.8, 4) is 6.07 Å². The highest BCUT2D eigenvalue weighted by Crippen LogP contribution is 2.29. The summed E-state index contributed by atoms with van der Waals surface area (Å²) in [4.78, 5) is 4.68. The Hall–Kier alpha value is -3.32. The number of aryl methyl sites for hydroxylation is 3. The van der Waals surface area contributed by atoms with Crippen LogP contribution in [0.25, 0.3) is 16.7 Å². The molecule has 2 aromatic heterocycles. The molecule has 0 saturated carbocycles. The van der Waals surface area contributed by atoms with E-state index >= 15 is 0 Å². The smallest absolute Gasteiger partial charge is 0.157 e. The van der Waals surface area contributed by atoms with Gasteiger partial charge in [0.1, 0.15) is 11.9 Å². The van der Waals surface area contributed by atoms with Gasteiger partial charge in [0.15, 0.2) is 5.65 Å². The molecule has 4 heteroatoms. The van der Waals surface area contributed by atoms with Crippen LogP contribution >= 0.6 is 0 Å². The van der Waals surface area contributed by atoms with E-state index in [0.717, 1.165) is 28.1 Å². The SMILES string of the molecule is Cc1cc(C)cc(Nc2cc(C)c(C#N)c3nc4ccccc4n23)c1. The molecule has 4 nitrogen and oxygen atoms in total. The van der Waals surface area contributed by atoms with Gasteiger partial charge in [0.2, 0.25) is 0 Å². The highest BCUT2D eigenvalue weighted by Gasteiger charge is 2.15. The zero-order valence-corrected chi connectivity index (χ0v) is 14.5. The van der Waals surface area contributed by atoms with Gasteiger partial charge in [0.05, 0.1) is 16.6 Å². The van der Waals surface area contributed by atoms with Crippen LogP contribution in [0.3, 0.4) is 0 Å². The lowest BCUT2D eigenvalue weighted by Gasteiger charge is -2.13. The topological polar surface area (TPSA) is 53.1 Å². The fourth-order valence-electron chi connectivity index (χ4n) is 3.38. The van der Waals surface area contributed by atoms with E-state index in [1.165, 1.54) is 11.1 Å². The third-order valence-electron chi connectivity index (χ3n) is 4.38. The quantitative estimate of drug-likeness (QED) is 0.562. The van der Waals surface area contributed by atoms with Crippen LogP contribution in [0.2, 0.25) is 0 Å². The van der Waals surface area contributed by atoms with Gasteiger partial charge in [-0.25, -0.2) is 4.98 Å². The fourth-order valence-corrected chi connectivity index (χ4v) is 3.38. The molecule has 25 heavy (non-hydrogen) atoms. The molecule has 0 spiro atoms. The Balaban J connectivity index is 2.01. The van der Waals surface area contributed by atoms with Crippen molar-refractivity contribution in [3.05, 3.63) is 70.8 Å². The van der Waals surface area contributed by atoms with Crippen molar-refractivity contribution in [2.45, 2.75) is 20.8 Å². The second-order valence-electron chi connectivity index (χ2n) is 6.46. The van der Waals surface area contributed by atoms with Crippen molar-refractivity contribution < 1.29 is 0 Å². The normalized spacial score (nSPS) is 11.0. The molecule has 0 amide bonds. The lowest BCUT2D eigenvalue weighted by atomic mass is 10.1. The van der Waals surface area contributed by atoms with Crippen molar-refractivity contribution in [3.63, 3.8) is 0 Å². The van der Waals surface area contributed by atoms with Gasteiger partial charge in [0.25, 0.3) is 0 Å². The Bertz CT molecular complexity index is 1140. The van der Waals surface area contributed by atoms with E-state index in [1.807, 2.05) is 41.7 Å². The Morgan fingerprint density at radius 1 is 1.00 bits per heavy atom. The summed E-state index contributed by atoms with van der Waals surface area (Å²) < 4.78 is 2.03. The Morgan fingerprint density at radius 2 is 1.72 bits per heavy atom. The second-order valence-corrected chi connectivity index (χ2v) is 6.46. The summed E-state index contributed by atoms with van der Waals surface area (Å²) in [5.74, 6) is 0.908. The van der Waals surface area contributed by atoms with Gasteiger partial charge in [-0.2, -0.15) is 5.26 Å². The van der Waals surface area contributed by atoms with Crippen molar-refractivity contribution in [1.29, 1.82) is 5.26 Å². The van der Waals surface area contributed by atoms with E-state index in [9.17, 15) is 5.26 Å². The predicted octanol–water partition coefficient (Wildman–Crippen LogP) is 5.03. The summed E-state index contributed by atoms with van der Waals surface area (Å²) in [6.45, 7) is 6.12. The largest absolute Gasteiger partial charge is 0.341 e. The predicted molar refractivity (Wildman–Crippen MR) is 101 cm³/mol. The van der Waals surface area contributed by atoms with Crippen LogP contribution in [-0.4, -0.2) is 9.38 Å². The van der Waals surface area contributed by atoms with Crippen molar-refractivity contribution in [2.75, 3.05) is 5.32 Å². The lowest BCUT2D eigenvalue weighted by Crippen LogP contribution is -2.02. The van der Waals surface area contributed by atoms with E-state index < -0.39 is 0 Å². The summed E-state index contributed by atoms with van der Waals surface area (Å²) >= 11 is 0. The average Bonchev–Trinajstić information content (AvgIpc) is 2.93. The summed E-state index contributed by atoms with van der Waals surface area (Å²) in [6.07, 6.45) is 0. The van der Waals surface area contributed by atoms with Gasteiger partial charge < -0.3 is 5.32 Å². The van der Waals surface area contributed by atoms with Gasteiger partial charge in [-0.1, -0.05) is 18.2 Å². The molecule has 0 radical (unpaired) electrons. The molecule has 0 aliphatic carbocycles. The molecule has 0 atom stereocenters. The molecule has 1 N–H and O–H groups in total. The minimum atomic E-state index is 0.613. The minimum Gasteiger partial charge on any atom is -0.341 e. The van der Waals surface area contributed by atoms with Crippen LogP contribution in [0, 0.1) is 32.1 Å². The first kappa shape index (κ1) is 15.2. The van der Waals surface area contributed by atoms with Crippen LogP contribution < -0.4 is 5.32 Å². The lowest BCUT2D eigenvalue weighted by molar-refractivity contribution is 1.19. The standard InChI is InChI=1S/C21H18N4/c1-13-8-14(2)10-16(9-13)23-20-11-15(3)17(12-22)21-24-18-6-4-5-7-19(18)25(20)21/h4-11,23H,1-3H3. The summed E-state index contributed by atoms with van der Waals surface area (Å²) in [5.41, 5.74) is 7.53. The van der Waals surface area contributed by atoms with Crippen LogP contribution in [0.15, 0.2) is 48.5 Å². The van der Waals surface area contributed by atoms with Crippen molar-refractivity contribution >= 4 is 28.2 Å². The van der Waals surface area contributed by atoms with Crippen LogP contribution in [0.4, 0.5) is 11.5 Å². The molecule has 0 unspecified atom stereocenters. The number of benzene rings is 2. The number of anilines is 2. The Labute approximate surface area is 146 Å². The summed E-state index contributed by atoms with van der Waals surface area (Å²) in [5, 5.41) is 13.1. The highest BCUT2D eigenvalue weighted by molar-refractivity contribution is 5.85. The van der Waals surface area contributed by atoms with Gasteiger partial charge in [-0.15, -0.1) is 0 Å². The second kappa shape index (κ2) is 5.64. The number of imidazole rings is 1. The van der Waals surface area contributed by atoms with Gasteiger partial charge in [-0.05, 0) is 67.8 Å². The third-order valence-corrected chi connectivity index (χ3v) is 4.38. The van der Waals surface area contributed by atoms with Crippen LogP contribution in [-0.2, 0) is 0 Å². The number of fused-ring (bicyclic) bond motifs is 3. The summed E-state index contributed by atoms with van der Waals surface area (Å²) in [6, 6.07) is 18.6. The maximum absolute atomic E-state index is 9.57.